The van der Waals surface area contributed by atoms with Gasteiger partial charge in [0.2, 0.25) is 0 Å². The predicted octanol–water partition coefficient (Wildman–Crippen LogP) is 4.41. The Morgan fingerprint density at radius 1 is 1.24 bits per heavy atom. The summed E-state index contributed by atoms with van der Waals surface area (Å²) < 4.78 is 0. The largest absolute Gasteiger partial charge is 0.306 e. The van der Waals surface area contributed by atoms with Crippen LogP contribution in [-0.2, 0) is 6.54 Å². The second kappa shape index (κ2) is 6.70. The zero-order valence-electron chi connectivity index (χ0n) is 12.0. The fourth-order valence-corrected chi connectivity index (χ4v) is 2.30. The van der Waals surface area contributed by atoms with Gasteiger partial charge < -0.3 is 5.32 Å². The molecule has 0 bridgehead atoms. The van der Waals surface area contributed by atoms with Crippen molar-refractivity contribution in [3.63, 3.8) is 0 Å². The molecule has 2 aromatic rings. The molecule has 0 radical (unpaired) electrons. The van der Waals surface area contributed by atoms with Gasteiger partial charge >= 0.3 is 0 Å². The van der Waals surface area contributed by atoms with Crippen LogP contribution in [0, 0.1) is 17.0 Å². The Hall–Kier alpha value is -1.91. The summed E-state index contributed by atoms with van der Waals surface area (Å²) in [5, 5.41) is 14.8. The number of hydrogen-bond acceptors (Lipinski definition) is 3. The van der Waals surface area contributed by atoms with E-state index in [4.69, 9.17) is 11.6 Å². The van der Waals surface area contributed by atoms with Crippen molar-refractivity contribution >= 4 is 17.3 Å². The Balaban J connectivity index is 2.10. The van der Waals surface area contributed by atoms with Gasteiger partial charge in [0.1, 0.15) is 0 Å². The van der Waals surface area contributed by atoms with Crippen LogP contribution in [0.3, 0.4) is 0 Å². The van der Waals surface area contributed by atoms with Crippen molar-refractivity contribution in [1.29, 1.82) is 0 Å². The first-order valence-corrected chi connectivity index (χ1v) is 7.08. The van der Waals surface area contributed by atoms with Gasteiger partial charge in [-0.3, -0.25) is 10.1 Å². The molecule has 4 nitrogen and oxygen atoms in total. The summed E-state index contributed by atoms with van der Waals surface area (Å²) in [6.07, 6.45) is 0. The molecule has 0 saturated carbocycles. The van der Waals surface area contributed by atoms with Crippen molar-refractivity contribution in [2.24, 2.45) is 0 Å². The van der Waals surface area contributed by atoms with E-state index >= 15 is 0 Å². The maximum Gasteiger partial charge on any atom is 0.273 e. The first kappa shape index (κ1) is 15.5. The van der Waals surface area contributed by atoms with E-state index in [0.29, 0.717) is 17.1 Å². The molecule has 0 fully saturated rings. The number of benzene rings is 2. The molecule has 0 aliphatic heterocycles. The van der Waals surface area contributed by atoms with Gasteiger partial charge in [0.05, 0.1) is 4.92 Å². The maximum absolute atomic E-state index is 11.0. The summed E-state index contributed by atoms with van der Waals surface area (Å²) in [6.45, 7) is 4.46. The third-order valence-electron chi connectivity index (χ3n) is 3.41. The topological polar surface area (TPSA) is 55.2 Å². The molecule has 0 aromatic heterocycles. The predicted molar refractivity (Wildman–Crippen MR) is 84.5 cm³/mol. The summed E-state index contributed by atoms with van der Waals surface area (Å²) in [6, 6.07) is 12.9. The molecule has 2 rings (SSSR count). The van der Waals surface area contributed by atoms with E-state index < -0.39 is 0 Å². The smallest absolute Gasteiger partial charge is 0.273 e. The van der Waals surface area contributed by atoms with Crippen LogP contribution in [0.15, 0.2) is 42.5 Å². The van der Waals surface area contributed by atoms with Gasteiger partial charge in [0, 0.05) is 29.2 Å². The van der Waals surface area contributed by atoms with Gasteiger partial charge in [-0.2, -0.15) is 0 Å². The average Bonchev–Trinajstić information content (AvgIpc) is 2.45. The normalized spacial score (nSPS) is 12.1. The van der Waals surface area contributed by atoms with Crippen molar-refractivity contribution < 1.29 is 4.92 Å². The van der Waals surface area contributed by atoms with Crippen molar-refractivity contribution in [3.8, 4) is 0 Å². The minimum Gasteiger partial charge on any atom is -0.306 e. The van der Waals surface area contributed by atoms with E-state index in [9.17, 15) is 10.1 Å². The highest BCUT2D eigenvalue weighted by Gasteiger charge is 2.14. The van der Waals surface area contributed by atoms with Crippen LogP contribution in [0.1, 0.15) is 29.7 Å². The number of nitro benzene ring substituents is 1. The van der Waals surface area contributed by atoms with Gasteiger partial charge in [-0.05, 0) is 31.5 Å². The van der Waals surface area contributed by atoms with Crippen molar-refractivity contribution in [1.82, 2.24) is 5.32 Å². The minimum atomic E-state index is -0.385. The highest BCUT2D eigenvalue weighted by molar-refractivity contribution is 6.30. The first-order chi connectivity index (χ1) is 9.97. The zero-order valence-corrected chi connectivity index (χ0v) is 12.7. The molecular weight excluding hydrogens is 288 g/mol. The fourth-order valence-electron chi connectivity index (χ4n) is 2.11. The molecule has 110 valence electrons. The Morgan fingerprint density at radius 2 is 1.90 bits per heavy atom. The highest BCUT2D eigenvalue weighted by Crippen LogP contribution is 2.23. The molecular formula is C16H17ClN2O2. The van der Waals surface area contributed by atoms with Gasteiger partial charge in [0.25, 0.3) is 5.69 Å². The number of nitrogens with one attached hydrogen (secondary N) is 1. The summed E-state index contributed by atoms with van der Waals surface area (Å²) in [7, 11) is 0. The summed E-state index contributed by atoms with van der Waals surface area (Å²) >= 11 is 5.92. The highest BCUT2D eigenvalue weighted by atomic mass is 35.5. The summed E-state index contributed by atoms with van der Waals surface area (Å²) in [5.74, 6) is 0. The Kier molecular flexibility index (Phi) is 4.94. The van der Waals surface area contributed by atoms with E-state index in [-0.39, 0.29) is 16.7 Å². The van der Waals surface area contributed by atoms with Crippen LogP contribution in [-0.4, -0.2) is 4.92 Å². The Labute approximate surface area is 128 Å². The second-order valence-electron chi connectivity index (χ2n) is 5.04. The van der Waals surface area contributed by atoms with Crippen LogP contribution in [0.25, 0.3) is 0 Å². The van der Waals surface area contributed by atoms with E-state index in [1.165, 1.54) is 17.7 Å². The van der Waals surface area contributed by atoms with Crippen LogP contribution in [0.4, 0.5) is 5.69 Å². The lowest BCUT2D eigenvalue weighted by Crippen LogP contribution is -2.18. The standard InChI is InChI=1S/C16H17ClN2O2/c1-11-3-5-13(6-4-11)12(2)18-10-14-9-15(17)7-8-16(14)19(20)21/h3-9,12,18H,10H2,1-2H3/t12-/m1/s1. The van der Waals surface area contributed by atoms with Gasteiger partial charge in [0.15, 0.2) is 0 Å². The third kappa shape index (κ3) is 4.03. The zero-order chi connectivity index (χ0) is 15.4. The number of nitro groups is 1. The molecule has 0 saturated heterocycles. The lowest BCUT2D eigenvalue weighted by atomic mass is 10.1. The van der Waals surface area contributed by atoms with Gasteiger partial charge in [-0.25, -0.2) is 0 Å². The average molecular weight is 305 g/mol. The van der Waals surface area contributed by atoms with Crippen LogP contribution in [0.5, 0.6) is 0 Å². The molecule has 0 amide bonds. The minimum absolute atomic E-state index is 0.0861. The lowest BCUT2D eigenvalue weighted by Gasteiger charge is -2.14. The van der Waals surface area contributed by atoms with Crippen LogP contribution >= 0.6 is 11.6 Å². The van der Waals surface area contributed by atoms with Crippen LogP contribution < -0.4 is 5.32 Å². The third-order valence-corrected chi connectivity index (χ3v) is 3.65. The van der Waals surface area contributed by atoms with Gasteiger partial charge in [-0.15, -0.1) is 0 Å². The molecule has 1 atom stereocenters. The summed E-state index contributed by atoms with van der Waals surface area (Å²) in [4.78, 5) is 10.6. The molecule has 21 heavy (non-hydrogen) atoms. The number of rotatable bonds is 5. The van der Waals surface area contributed by atoms with Crippen molar-refractivity contribution in [3.05, 3.63) is 74.3 Å². The molecule has 0 aliphatic carbocycles. The van der Waals surface area contributed by atoms with E-state index in [1.807, 2.05) is 13.8 Å². The van der Waals surface area contributed by atoms with E-state index in [2.05, 4.69) is 29.6 Å². The summed E-state index contributed by atoms with van der Waals surface area (Å²) in [5.41, 5.74) is 3.02. The van der Waals surface area contributed by atoms with E-state index in [0.717, 1.165) is 5.56 Å². The Morgan fingerprint density at radius 3 is 2.52 bits per heavy atom. The maximum atomic E-state index is 11.0. The SMILES string of the molecule is Cc1ccc([C@@H](C)NCc2cc(Cl)ccc2[N+](=O)[O-])cc1. The van der Waals surface area contributed by atoms with Gasteiger partial charge in [-0.1, -0.05) is 41.4 Å². The Bertz CT molecular complexity index is 641. The number of aryl methyl sites for hydroxylation is 1. The number of hydrogen-bond donors (Lipinski definition) is 1. The number of halogens is 1. The second-order valence-corrected chi connectivity index (χ2v) is 5.48. The fraction of sp³-hybridized carbons (Fsp3) is 0.250. The molecule has 2 aromatic carbocycles. The van der Waals surface area contributed by atoms with Crippen LogP contribution in [0.2, 0.25) is 5.02 Å². The molecule has 0 unspecified atom stereocenters. The molecule has 5 heteroatoms. The quantitative estimate of drug-likeness (QED) is 0.657. The van der Waals surface area contributed by atoms with E-state index in [1.54, 1.807) is 6.07 Å². The lowest BCUT2D eigenvalue weighted by molar-refractivity contribution is -0.385. The first-order valence-electron chi connectivity index (χ1n) is 6.70. The molecule has 0 spiro atoms. The monoisotopic (exact) mass is 304 g/mol. The molecule has 1 N–H and O–H groups in total. The van der Waals surface area contributed by atoms with Crippen molar-refractivity contribution in [2.45, 2.75) is 26.4 Å². The van der Waals surface area contributed by atoms with Crippen molar-refractivity contribution in [2.75, 3.05) is 0 Å². The molecule has 0 aliphatic rings. The number of nitrogens with zero attached hydrogens (tertiary/aromatic N) is 1. The molecule has 0 heterocycles.